The summed E-state index contributed by atoms with van der Waals surface area (Å²) < 4.78 is 33.6. The molecule has 1 aromatic carbocycles. The number of hydrogen-bond acceptors (Lipinski definition) is 5. The number of aromatic amines is 2. The smallest absolute Gasteiger partial charge is 0.266 e. The Morgan fingerprint density at radius 1 is 1.19 bits per heavy atom. The van der Waals surface area contributed by atoms with Crippen LogP contribution >= 0.6 is 0 Å². The fourth-order valence-electron chi connectivity index (χ4n) is 4.42. The molecule has 0 amide bonds. The van der Waals surface area contributed by atoms with Crippen molar-refractivity contribution in [3.05, 3.63) is 48.0 Å². The molecule has 0 unspecified atom stereocenters. The molecule has 2 aliphatic rings. The van der Waals surface area contributed by atoms with Gasteiger partial charge in [0.1, 0.15) is 11.6 Å². The SMILES string of the molecule is FC1(F)CCN(c2nccc(-c3ccc4[nH]ncc4c3)c2-c2nc3c([nH]2)COCC3)C1. The van der Waals surface area contributed by atoms with Crippen LogP contribution in [0.15, 0.2) is 36.7 Å². The number of H-pyrrole nitrogens is 2. The van der Waals surface area contributed by atoms with E-state index in [1.54, 1.807) is 17.3 Å². The molecule has 0 aliphatic carbocycles. The van der Waals surface area contributed by atoms with Crippen molar-refractivity contribution in [3.63, 3.8) is 0 Å². The third kappa shape index (κ3) is 3.16. The standard InChI is InChI=1S/C22H20F2N6O/c23-22(24)5-7-30(12-22)21-19(20-27-17-4-8-31-11-18(17)28-20)15(3-6-25-21)13-1-2-16-14(9-13)10-26-29-16/h1-3,6,9-10H,4-5,7-8,11-12H2,(H,26,29)(H,27,28). The van der Waals surface area contributed by atoms with Gasteiger partial charge in [-0.3, -0.25) is 5.10 Å². The molecule has 5 heterocycles. The van der Waals surface area contributed by atoms with Crippen molar-refractivity contribution in [2.24, 2.45) is 0 Å². The molecule has 0 bridgehead atoms. The summed E-state index contributed by atoms with van der Waals surface area (Å²) in [5.74, 6) is -1.56. The summed E-state index contributed by atoms with van der Waals surface area (Å²) >= 11 is 0. The molecule has 2 aliphatic heterocycles. The fourth-order valence-corrected chi connectivity index (χ4v) is 4.42. The molecule has 6 rings (SSSR count). The summed E-state index contributed by atoms with van der Waals surface area (Å²) in [6.07, 6.45) is 3.99. The fraction of sp³-hybridized carbons (Fsp3) is 0.318. The van der Waals surface area contributed by atoms with Crippen LogP contribution in [0, 0.1) is 0 Å². The van der Waals surface area contributed by atoms with Gasteiger partial charge in [0.05, 0.1) is 48.4 Å². The Bertz CT molecular complexity index is 1260. The molecule has 0 radical (unpaired) electrons. The lowest BCUT2D eigenvalue weighted by Crippen LogP contribution is -2.26. The average molecular weight is 422 g/mol. The van der Waals surface area contributed by atoms with Gasteiger partial charge in [-0.15, -0.1) is 0 Å². The highest BCUT2D eigenvalue weighted by Crippen LogP contribution is 2.41. The first-order chi connectivity index (χ1) is 15.1. The molecule has 3 aromatic heterocycles. The number of rotatable bonds is 3. The Morgan fingerprint density at radius 2 is 2.13 bits per heavy atom. The molecule has 158 valence electrons. The van der Waals surface area contributed by atoms with Crippen LogP contribution in [-0.2, 0) is 17.8 Å². The number of nitrogens with zero attached hydrogens (tertiary/aromatic N) is 4. The van der Waals surface area contributed by atoms with Gasteiger partial charge in [-0.2, -0.15) is 5.10 Å². The summed E-state index contributed by atoms with van der Waals surface area (Å²) in [5, 5.41) is 8.03. The summed E-state index contributed by atoms with van der Waals surface area (Å²) in [4.78, 5) is 14.4. The van der Waals surface area contributed by atoms with Gasteiger partial charge >= 0.3 is 0 Å². The minimum absolute atomic E-state index is 0.179. The van der Waals surface area contributed by atoms with Crippen molar-refractivity contribution in [2.75, 3.05) is 24.6 Å². The normalized spacial score (nSPS) is 17.9. The molecule has 1 saturated heterocycles. The van der Waals surface area contributed by atoms with Crippen LogP contribution in [0.3, 0.4) is 0 Å². The first-order valence-electron chi connectivity index (χ1n) is 10.3. The number of anilines is 1. The quantitative estimate of drug-likeness (QED) is 0.523. The van der Waals surface area contributed by atoms with Gasteiger partial charge in [-0.05, 0) is 29.3 Å². The van der Waals surface area contributed by atoms with Crippen molar-refractivity contribution in [3.8, 4) is 22.5 Å². The summed E-state index contributed by atoms with van der Waals surface area (Å²) in [7, 11) is 0. The van der Waals surface area contributed by atoms with E-state index in [2.05, 4.69) is 20.2 Å². The number of benzene rings is 1. The van der Waals surface area contributed by atoms with Gasteiger partial charge in [0, 0.05) is 31.0 Å². The van der Waals surface area contributed by atoms with Crippen LogP contribution in [0.5, 0.6) is 0 Å². The second kappa shape index (κ2) is 6.84. The maximum atomic E-state index is 14.0. The largest absolute Gasteiger partial charge is 0.375 e. The Hall–Kier alpha value is -3.33. The Balaban J connectivity index is 1.55. The second-order valence-corrected chi connectivity index (χ2v) is 8.07. The van der Waals surface area contributed by atoms with E-state index >= 15 is 0 Å². The van der Waals surface area contributed by atoms with Crippen LogP contribution < -0.4 is 4.90 Å². The summed E-state index contributed by atoms with van der Waals surface area (Å²) in [6, 6.07) is 7.90. The topological polar surface area (TPSA) is 82.7 Å². The molecule has 2 N–H and O–H groups in total. The number of imidazole rings is 1. The van der Waals surface area contributed by atoms with E-state index in [-0.39, 0.29) is 19.5 Å². The van der Waals surface area contributed by atoms with Crippen LogP contribution in [0.25, 0.3) is 33.4 Å². The Kier molecular flexibility index (Phi) is 4.07. The van der Waals surface area contributed by atoms with E-state index < -0.39 is 5.92 Å². The number of hydrogen-bond donors (Lipinski definition) is 2. The van der Waals surface area contributed by atoms with Gasteiger partial charge < -0.3 is 14.6 Å². The van der Waals surface area contributed by atoms with E-state index in [9.17, 15) is 8.78 Å². The average Bonchev–Trinajstić information content (AvgIpc) is 3.50. The summed E-state index contributed by atoms with van der Waals surface area (Å²) in [5.41, 5.74) is 5.39. The lowest BCUT2D eigenvalue weighted by atomic mass is 9.99. The predicted octanol–water partition coefficient (Wildman–Crippen LogP) is 3.93. The zero-order chi connectivity index (χ0) is 21.0. The van der Waals surface area contributed by atoms with Gasteiger partial charge in [-0.1, -0.05) is 6.07 Å². The van der Waals surface area contributed by atoms with Gasteiger partial charge in [0.25, 0.3) is 5.92 Å². The Morgan fingerprint density at radius 3 is 2.97 bits per heavy atom. The first kappa shape index (κ1) is 18.4. The molecular weight excluding hydrogens is 402 g/mol. The molecule has 0 atom stereocenters. The maximum absolute atomic E-state index is 14.0. The van der Waals surface area contributed by atoms with E-state index in [0.29, 0.717) is 24.9 Å². The van der Waals surface area contributed by atoms with Gasteiger partial charge in [0.2, 0.25) is 0 Å². The number of fused-ring (bicyclic) bond motifs is 2. The highest BCUT2D eigenvalue weighted by molar-refractivity contribution is 5.92. The van der Waals surface area contributed by atoms with E-state index in [1.165, 1.54) is 0 Å². The molecular formula is C22H20F2N6O. The first-order valence-corrected chi connectivity index (χ1v) is 10.3. The molecule has 1 fully saturated rings. The second-order valence-electron chi connectivity index (χ2n) is 8.07. The molecule has 0 saturated carbocycles. The van der Waals surface area contributed by atoms with Crippen LogP contribution in [-0.4, -0.2) is 50.8 Å². The van der Waals surface area contributed by atoms with Gasteiger partial charge in [0.15, 0.2) is 0 Å². The van der Waals surface area contributed by atoms with Crippen LogP contribution in [0.2, 0.25) is 0 Å². The molecule has 7 nitrogen and oxygen atoms in total. The minimum atomic E-state index is -2.72. The third-order valence-electron chi connectivity index (χ3n) is 5.98. The van der Waals surface area contributed by atoms with Gasteiger partial charge in [-0.25, -0.2) is 18.7 Å². The highest BCUT2D eigenvalue weighted by Gasteiger charge is 2.40. The van der Waals surface area contributed by atoms with Crippen molar-refractivity contribution in [1.82, 2.24) is 25.1 Å². The molecule has 0 spiro atoms. The lowest BCUT2D eigenvalue weighted by molar-refractivity contribution is 0.0257. The summed E-state index contributed by atoms with van der Waals surface area (Å²) in [6.45, 7) is 0.997. The van der Waals surface area contributed by atoms with Crippen molar-refractivity contribution < 1.29 is 13.5 Å². The number of pyridine rings is 1. The van der Waals surface area contributed by atoms with E-state index in [0.717, 1.165) is 45.4 Å². The zero-order valence-electron chi connectivity index (χ0n) is 16.7. The van der Waals surface area contributed by atoms with Crippen molar-refractivity contribution >= 4 is 16.7 Å². The molecule has 9 heteroatoms. The van der Waals surface area contributed by atoms with E-state index in [4.69, 9.17) is 9.72 Å². The van der Waals surface area contributed by atoms with Crippen molar-refractivity contribution in [1.29, 1.82) is 0 Å². The van der Waals surface area contributed by atoms with E-state index in [1.807, 2.05) is 24.3 Å². The van der Waals surface area contributed by atoms with Crippen LogP contribution in [0.1, 0.15) is 17.8 Å². The molecule has 4 aromatic rings. The zero-order valence-corrected chi connectivity index (χ0v) is 16.7. The predicted molar refractivity (Wildman–Crippen MR) is 112 cm³/mol. The Labute approximate surface area is 176 Å². The molecule has 31 heavy (non-hydrogen) atoms. The highest BCUT2D eigenvalue weighted by atomic mass is 19.3. The monoisotopic (exact) mass is 422 g/mol. The third-order valence-corrected chi connectivity index (χ3v) is 5.98. The minimum Gasteiger partial charge on any atom is -0.375 e. The number of aromatic nitrogens is 5. The lowest BCUT2D eigenvalue weighted by Gasteiger charge is -2.22. The maximum Gasteiger partial charge on any atom is 0.266 e. The number of alkyl halides is 2. The van der Waals surface area contributed by atoms with Crippen molar-refractivity contribution in [2.45, 2.75) is 25.4 Å². The number of nitrogens with one attached hydrogen (secondary N) is 2. The number of halogens is 2. The number of ether oxygens (including phenoxy) is 1. The van der Waals surface area contributed by atoms with Crippen LogP contribution in [0.4, 0.5) is 14.6 Å².